The third-order valence-electron chi connectivity index (χ3n) is 7.63. The summed E-state index contributed by atoms with van der Waals surface area (Å²) in [4.78, 5) is 34.7. The lowest BCUT2D eigenvalue weighted by Gasteiger charge is -2.26. The van der Waals surface area contributed by atoms with E-state index in [1.54, 1.807) is 50.8 Å². The van der Waals surface area contributed by atoms with E-state index in [2.05, 4.69) is 46.7 Å². The van der Waals surface area contributed by atoms with Crippen LogP contribution in [0, 0.1) is 13.8 Å². The SMILES string of the molecule is CCOC(=O)C1=C(C)N=c2s/c(=C/c3cc(C)n(-c4ccc(N(C)C)cc4)c3C)c(=O)n2[C@@H]1c1cc(OC)ccc1OC. The van der Waals surface area contributed by atoms with Gasteiger partial charge in [-0.15, -0.1) is 0 Å². The van der Waals surface area contributed by atoms with Gasteiger partial charge in [-0.3, -0.25) is 9.36 Å². The molecule has 2 aromatic heterocycles. The van der Waals surface area contributed by atoms with Gasteiger partial charge >= 0.3 is 5.97 Å². The predicted molar refractivity (Wildman–Crippen MR) is 170 cm³/mol. The number of esters is 1. The highest BCUT2D eigenvalue weighted by atomic mass is 32.1. The Hall–Kier alpha value is -4.57. The first-order chi connectivity index (χ1) is 20.6. The molecule has 5 rings (SSSR count). The Morgan fingerprint density at radius 1 is 1.05 bits per heavy atom. The van der Waals surface area contributed by atoms with Gasteiger partial charge in [-0.2, -0.15) is 0 Å². The summed E-state index contributed by atoms with van der Waals surface area (Å²) in [5, 5.41) is 0. The summed E-state index contributed by atoms with van der Waals surface area (Å²) in [7, 11) is 7.15. The average Bonchev–Trinajstić information content (AvgIpc) is 3.45. The molecule has 4 aromatic rings. The highest BCUT2D eigenvalue weighted by molar-refractivity contribution is 7.07. The molecule has 2 aromatic carbocycles. The van der Waals surface area contributed by atoms with Crippen molar-refractivity contribution in [1.82, 2.24) is 9.13 Å². The minimum Gasteiger partial charge on any atom is -0.497 e. The van der Waals surface area contributed by atoms with Gasteiger partial charge in [-0.25, -0.2) is 9.79 Å². The van der Waals surface area contributed by atoms with Crippen LogP contribution in [0.2, 0.25) is 0 Å². The van der Waals surface area contributed by atoms with Crippen molar-refractivity contribution in [2.24, 2.45) is 4.99 Å². The van der Waals surface area contributed by atoms with E-state index < -0.39 is 12.0 Å². The largest absolute Gasteiger partial charge is 0.497 e. The zero-order chi connectivity index (χ0) is 31.0. The van der Waals surface area contributed by atoms with Gasteiger partial charge in [-0.05, 0) is 87.9 Å². The van der Waals surface area contributed by atoms with E-state index >= 15 is 0 Å². The lowest BCUT2D eigenvalue weighted by atomic mass is 9.94. The molecular weight excluding hydrogens is 564 g/mol. The summed E-state index contributed by atoms with van der Waals surface area (Å²) in [6.07, 6.45) is 1.90. The zero-order valence-corrected chi connectivity index (χ0v) is 26.5. The normalized spacial score (nSPS) is 14.8. The van der Waals surface area contributed by atoms with Crippen LogP contribution < -0.4 is 29.3 Å². The molecule has 0 radical (unpaired) electrons. The Morgan fingerprint density at radius 2 is 1.77 bits per heavy atom. The van der Waals surface area contributed by atoms with Crippen LogP contribution in [0.1, 0.15) is 42.4 Å². The number of aromatic nitrogens is 2. The van der Waals surface area contributed by atoms with Crippen LogP contribution in [0.4, 0.5) is 5.69 Å². The number of methoxy groups -OCH3 is 2. The number of aryl methyl sites for hydroxylation is 1. The third-order valence-corrected chi connectivity index (χ3v) is 8.61. The highest BCUT2D eigenvalue weighted by Crippen LogP contribution is 2.38. The Bertz CT molecular complexity index is 1910. The number of carbonyl (C=O) groups excluding carboxylic acids is 1. The second kappa shape index (κ2) is 12.0. The van der Waals surface area contributed by atoms with Gasteiger partial charge in [0, 0.05) is 42.4 Å². The number of thiazole rings is 1. The molecule has 0 bridgehead atoms. The van der Waals surface area contributed by atoms with E-state index in [0.717, 1.165) is 28.3 Å². The van der Waals surface area contributed by atoms with Crippen molar-refractivity contribution < 1.29 is 19.0 Å². The molecule has 0 aliphatic carbocycles. The predicted octanol–water partition coefficient (Wildman–Crippen LogP) is 4.29. The first-order valence-electron chi connectivity index (χ1n) is 14.0. The topological polar surface area (TPSA) is 87.3 Å². The Labute approximate surface area is 254 Å². The van der Waals surface area contributed by atoms with Crippen molar-refractivity contribution in [3.8, 4) is 17.2 Å². The molecule has 1 aliphatic heterocycles. The fourth-order valence-corrected chi connectivity index (χ4v) is 6.55. The van der Waals surface area contributed by atoms with Crippen LogP contribution >= 0.6 is 11.3 Å². The molecule has 1 atom stereocenters. The molecule has 3 heterocycles. The molecule has 43 heavy (non-hydrogen) atoms. The second-order valence-corrected chi connectivity index (χ2v) is 11.5. The molecule has 10 heteroatoms. The van der Waals surface area contributed by atoms with Crippen LogP contribution in [0.3, 0.4) is 0 Å². The standard InChI is InChI=1S/C33H36N4O5S/c1-9-42-32(39)29-20(3)34-33-37(30(29)26-18-25(40-7)14-15-27(26)41-8)31(38)28(43-33)17-22-16-19(2)36(21(22)4)24-12-10-23(11-13-24)35(5)6/h10-18,30H,9H2,1-8H3/b28-17+/t30-/m1/s1. The summed E-state index contributed by atoms with van der Waals surface area (Å²) in [5.41, 5.74) is 6.26. The number of benzene rings is 2. The fraction of sp³-hybridized carbons (Fsp3) is 0.303. The second-order valence-electron chi connectivity index (χ2n) is 10.5. The zero-order valence-electron chi connectivity index (χ0n) is 25.7. The maximum absolute atomic E-state index is 14.2. The highest BCUT2D eigenvalue weighted by Gasteiger charge is 2.35. The third kappa shape index (κ3) is 5.38. The molecule has 1 aliphatic rings. The summed E-state index contributed by atoms with van der Waals surface area (Å²) in [6, 6.07) is 14.9. The van der Waals surface area contributed by atoms with Gasteiger partial charge in [0.05, 0.1) is 36.6 Å². The van der Waals surface area contributed by atoms with Crippen molar-refractivity contribution in [2.75, 3.05) is 39.8 Å². The Morgan fingerprint density at radius 3 is 2.40 bits per heavy atom. The van der Waals surface area contributed by atoms with Crippen molar-refractivity contribution in [3.05, 3.63) is 102 Å². The summed E-state index contributed by atoms with van der Waals surface area (Å²) in [5.74, 6) is 0.555. The molecule has 0 N–H and O–H groups in total. The molecule has 0 unspecified atom stereocenters. The Kier molecular flexibility index (Phi) is 8.32. The Balaban J connectivity index is 1.70. The number of hydrogen-bond acceptors (Lipinski definition) is 8. The van der Waals surface area contributed by atoms with E-state index in [0.29, 0.717) is 32.1 Å². The number of ether oxygens (including phenoxy) is 3. The van der Waals surface area contributed by atoms with Gasteiger partial charge in [-0.1, -0.05) is 11.3 Å². The maximum Gasteiger partial charge on any atom is 0.338 e. The van der Waals surface area contributed by atoms with Gasteiger partial charge in [0.15, 0.2) is 4.80 Å². The van der Waals surface area contributed by atoms with Crippen LogP contribution in [-0.4, -0.2) is 50.0 Å². The molecule has 0 amide bonds. The number of fused-ring (bicyclic) bond motifs is 1. The van der Waals surface area contributed by atoms with Gasteiger partial charge in [0.1, 0.15) is 17.5 Å². The quantitative estimate of drug-likeness (QED) is 0.281. The lowest BCUT2D eigenvalue weighted by Crippen LogP contribution is -2.40. The smallest absolute Gasteiger partial charge is 0.338 e. The van der Waals surface area contributed by atoms with Crippen LogP contribution in [0.25, 0.3) is 11.8 Å². The fourth-order valence-electron chi connectivity index (χ4n) is 5.51. The van der Waals surface area contributed by atoms with E-state index in [4.69, 9.17) is 19.2 Å². The molecular formula is C33H36N4O5S. The monoisotopic (exact) mass is 600 g/mol. The first kappa shape index (κ1) is 29.9. The van der Waals surface area contributed by atoms with Crippen LogP contribution in [0.5, 0.6) is 11.5 Å². The van der Waals surface area contributed by atoms with Crippen molar-refractivity contribution in [2.45, 2.75) is 33.7 Å². The number of nitrogens with zero attached hydrogens (tertiary/aromatic N) is 4. The van der Waals surface area contributed by atoms with E-state index in [-0.39, 0.29) is 17.7 Å². The molecule has 0 saturated heterocycles. The van der Waals surface area contributed by atoms with Crippen molar-refractivity contribution in [3.63, 3.8) is 0 Å². The van der Waals surface area contributed by atoms with E-state index in [1.165, 1.54) is 11.3 Å². The van der Waals surface area contributed by atoms with Gasteiger partial charge < -0.3 is 23.7 Å². The maximum atomic E-state index is 14.2. The molecule has 9 nitrogen and oxygen atoms in total. The van der Waals surface area contributed by atoms with E-state index in [1.807, 2.05) is 27.1 Å². The number of hydrogen-bond donors (Lipinski definition) is 0. The number of carbonyl (C=O) groups is 1. The van der Waals surface area contributed by atoms with Crippen LogP contribution in [0.15, 0.2) is 69.6 Å². The summed E-state index contributed by atoms with van der Waals surface area (Å²) >= 11 is 1.29. The lowest BCUT2D eigenvalue weighted by molar-refractivity contribution is -0.139. The molecule has 0 saturated carbocycles. The van der Waals surface area contributed by atoms with Crippen molar-refractivity contribution in [1.29, 1.82) is 0 Å². The first-order valence-corrected chi connectivity index (χ1v) is 14.8. The number of allylic oxidation sites excluding steroid dienone is 1. The number of rotatable bonds is 8. The molecule has 224 valence electrons. The minimum atomic E-state index is -0.815. The van der Waals surface area contributed by atoms with Gasteiger partial charge in [0.2, 0.25) is 0 Å². The van der Waals surface area contributed by atoms with Crippen molar-refractivity contribution >= 4 is 29.1 Å². The molecule has 0 spiro atoms. The molecule has 0 fully saturated rings. The minimum absolute atomic E-state index is 0.190. The number of anilines is 1. The van der Waals surface area contributed by atoms with Crippen LogP contribution in [-0.2, 0) is 9.53 Å². The van der Waals surface area contributed by atoms with Gasteiger partial charge in [0.25, 0.3) is 5.56 Å². The summed E-state index contributed by atoms with van der Waals surface area (Å²) < 4.78 is 20.9. The van der Waals surface area contributed by atoms with E-state index in [9.17, 15) is 9.59 Å². The average molecular weight is 601 g/mol. The summed E-state index contributed by atoms with van der Waals surface area (Å²) in [6.45, 7) is 7.80.